The molecule has 3 nitrogen and oxygen atoms in total. The second-order valence-corrected chi connectivity index (χ2v) is 5.87. The Morgan fingerprint density at radius 1 is 1.44 bits per heavy atom. The monoisotopic (exact) mass is 239 g/mol. The number of aryl methyl sites for hydroxylation is 1. The number of aromatic nitrogens is 1. The van der Waals surface area contributed by atoms with Crippen LogP contribution in [0.25, 0.3) is 0 Å². The first-order valence-corrected chi connectivity index (χ1v) is 6.80. The Hall–Kier alpha value is -0.450. The van der Waals surface area contributed by atoms with E-state index >= 15 is 0 Å². The number of thiazole rings is 1. The Morgan fingerprint density at radius 3 is 2.81 bits per heavy atom. The zero-order valence-corrected chi connectivity index (χ0v) is 10.3. The van der Waals surface area contributed by atoms with Crippen molar-refractivity contribution in [3.8, 4) is 0 Å². The van der Waals surface area contributed by atoms with Crippen molar-refractivity contribution < 1.29 is 9.84 Å². The Kier molecular flexibility index (Phi) is 2.53. The van der Waals surface area contributed by atoms with Crippen molar-refractivity contribution in [2.75, 3.05) is 7.11 Å². The van der Waals surface area contributed by atoms with Gasteiger partial charge in [0.15, 0.2) is 0 Å². The molecular weight excluding hydrogens is 222 g/mol. The molecule has 0 saturated heterocycles. The molecule has 88 valence electrons. The molecule has 1 unspecified atom stereocenters. The number of aliphatic hydroxyl groups excluding tert-OH is 1. The minimum Gasteiger partial charge on any atom is -0.387 e. The number of hydrogen-bond donors (Lipinski definition) is 1. The van der Waals surface area contributed by atoms with Gasteiger partial charge in [0.2, 0.25) is 0 Å². The van der Waals surface area contributed by atoms with Gasteiger partial charge in [-0.05, 0) is 38.5 Å². The number of fused-ring (bicyclic) bond motifs is 1. The third-order valence-electron chi connectivity index (χ3n) is 3.87. The van der Waals surface area contributed by atoms with Crippen molar-refractivity contribution in [1.29, 1.82) is 0 Å². The van der Waals surface area contributed by atoms with Gasteiger partial charge < -0.3 is 9.84 Å². The zero-order valence-electron chi connectivity index (χ0n) is 9.53. The summed E-state index contributed by atoms with van der Waals surface area (Å²) in [6, 6.07) is 0. The lowest BCUT2D eigenvalue weighted by Gasteiger charge is -2.38. The summed E-state index contributed by atoms with van der Waals surface area (Å²) in [6.45, 7) is 0. The number of rotatable bonds is 2. The van der Waals surface area contributed by atoms with Crippen molar-refractivity contribution in [1.82, 2.24) is 4.98 Å². The van der Waals surface area contributed by atoms with E-state index in [1.807, 2.05) is 0 Å². The van der Waals surface area contributed by atoms with E-state index in [0.29, 0.717) is 0 Å². The van der Waals surface area contributed by atoms with E-state index < -0.39 is 0 Å². The van der Waals surface area contributed by atoms with E-state index in [9.17, 15) is 5.11 Å². The number of ether oxygens (including phenoxy) is 1. The van der Waals surface area contributed by atoms with E-state index in [0.717, 1.165) is 42.8 Å². The minimum atomic E-state index is -0.345. The first-order chi connectivity index (χ1) is 7.75. The normalized spacial score (nSPS) is 27.2. The third kappa shape index (κ3) is 1.44. The lowest BCUT2D eigenvalue weighted by atomic mass is 9.80. The van der Waals surface area contributed by atoms with E-state index in [2.05, 4.69) is 4.98 Å². The van der Waals surface area contributed by atoms with Crippen LogP contribution in [0.1, 0.15) is 53.8 Å². The van der Waals surface area contributed by atoms with Crippen LogP contribution < -0.4 is 0 Å². The molecule has 1 aromatic heterocycles. The molecule has 0 amide bonds. The van der Waals surface area contributed by atoms with Crippen LogP contribution in [0.5, 0.6) is 0 Å². The molecule has 1 heterocycles. The van der Waals surface area contributed by atoms with Gasteiger partial charge in [0.1, 0.15) is 10.6 Å². The van der Waals surface area contributed by atoms with Gasteiger partial charge in [0.25, 0.3) is 0 Å². The highest BCUT2D eigenvalue weighted by Gasteiger charge is 2.42. The molecule has 0 radical (unpaired) electrons. The second-order valence-electron chi connectivity index (χ2n) is 4.79. The van der Waals surface area contributed by atoms with Crippen molar-refractivity contribution in [2.45, 2.75) is 50.2 Å². The van der Waals surface area contributed by atoms with Crippen molar-refractivity contribution >= 4 is 11.3 Å². The maximum Gasteiger partial charge on any atom is 0.125 e. The minimum absolute atomic E-state index is 0.123. The predicted molar refractivity (Wildman–Crippen MR) is 62.5 cm³/mol. The van der Waals surface area contributed by atoms with Crippen molar-refractivity contribution in [3.63, 3.8) is 0 Å². The maximum atomic E-state index is 9.91. The van der Waals surface area contributed by atoms with Gasteiger partial charge in [0, 0.05) is 12.0 Å². The summed E-state index contributed by atoms with van der Waals surface area (Å²) in [5, 5.41) is 11.0. The molecule has 1 saturated carbocycles. The Morgan fingerprint density at radius 2 is 2.25 bits per heavy atom. The smallest absolute Gasteiger partial charge is 0.125 e. The number of methoxy groups -OCH3 is 1. The molecule has 1 aromatic rings. The van der Waals surface area contributed by atoms with Gasteiger partial charge in [-0.25, -0.2) is 4.98 Å². The van der Waals surface area contributed by atoms with Crippen molar-refractivity contribution in [2.24, 2.45) is 0 Å². The highest BCUT2D eigenvalue weighted by Crippen LogP contribution is 2.47. The molecule has 0 bridgehead atoms. The van der Waals surface area contributed by atoms with Crippen LogP contribution in [-0.2, 0) is 16.8 Å². The summed E-state index contributed by atoms with van der Waals surface area (Å²) < 4.78 is 5.64. The lowest BCUT2D eigenvalue weighted by molar-refractivity contribution is -0.0781. The standard InChI is InChI=1S/C12H17NO2S/c1-15-12(6-3-7-12)11-13-10-8(14)4-2-5-9(10)16-11/h8,14H,2-7H2,1H3. The van der Waals surface area contributed by atoms with Gasteiger partial charge in [0.05, 0.1) is 11.8 Å². The van der Waals surface area contributed by atoms with Gasteiger partial charge in [-0.3, -0.25) is 0 Å². The maximum absolute atomic E-state index is 9.91. The second kappa shape index (κ2) is 3.79. The molecule has 3 rings (SSSR count). The van der Waals surface area contributed by atoms with Gasteiger partial charge in [-0.15, -0.1) is 11.3 Å². The average molecular weight is 239 g/mol. The van der Waals surface area contributed by atoms with Crippen LogP contribution >= 0.6 is 11.3 Å². The fourth-order valence-electron chi connectivity index (χ4n) is 2.59. The molecule has 2 aliphatic rings. The van der Waals surface area contributed by atoms with Gasteiger partial charge in [-0.2, -0.15) is 0 Å². The summed E-state index contributed by atoms with van der Waals surface area (Å²) in [7, 11) is 1.77. The predicted octanol–water partition coefficient (Wildman–Crippen LogP) is 2.54. The van der Waals surface area contributed by atoms with E-state index in [4.69, 9.17) is 4.74 Å². The van der Waals surface area contributed by atoms with Crippen LogP contribution in [0.15, 0.2) is 0 Å². The van der Waals surface area contributed by atoms with Gasteiger partial charge in [-0.1, -0.05) is 0 Å². The lowest BCUT2D eigenvalue weighted by Crippen LogP contribution is -2.35. The Bertz CT molecular complexity index is 392. The molecule has 16 heavy (non-hydrogen) atoms. The fraction of sp³-hybridized carbons (Fsp3) is 0.750. The summed E-state index contributed by atoms with van der Waals surface area (Å²) in [4.78, 5) is 5.92. The van der Waals surface area contributed by atoms with Gasteiger partial charge >= 0.3 is 0 Å². The number of hydrogen-bond acceptors (Lipinski definition) is 4. The van der Waals surface area contributed by atoms with Crippen LogP contribution in [-0.4, -0.2) is 17.2 Å². The fourth-order valence-corrected chi connectivity index (χ4v) is 3.98. The van der Waals surface area contributed by atoms with Crippen LogP contribution in [0.4, 0.5) is 0 Å². The van der Waals surface area contributed by atoms with Crippen molar-refractivity contribution in [3.05, 3.63) is 15.6 Å². The number of nitrogens with zero attached hydrogens (tertiary/aromatic N) is 1. The molecule has 2 aliphatic carbocycles. The van der Waals surface area contributed by atoms with E-state index in [-0.39, 0.29) is 11.7 Å². The van der Waals surface area contributed by atoms with E-state index in [1.165, 1.54) is 11.3 Å². The zero-order chi connectivity index (χ0) is 11.2. The summed E-state index contributed by atoms with van der Waals surface area (Å²) in [6.07, 6.45) is 6.04. The summed E-state index contributed by atoms with van der Waals surface area (Å²) in [5.41, 5.74) is 0.802. The third-order valence-corrected chi connectivity index (χ3v) is 5.18. The highest BCUT2D eigenvalue weighted by molar-refractivity contribution is 7.11. The molecule has 0 spiro atoms. The highest BCUT2D eigenvalue weighted by atomic mass is 32.1. The molecule has 0 aliphatic heterocycles. The largest absolute Gasteiger partial charge is 0.387 e. The topological polar surface area (TPSA) is 42.4 Å². The summed E-state index contributed by atoms with van der Waals surface area (Å²) in [5.74, 6) is 0. The first kappa shape index (κ1) is 10.7. The van der Waals surface area contributed by atoms with Crippen LogP contribution in [0, 0.1) is 0 Å². The number of aliphatic hydroxyl groups is 1. The molecule has 1 atom stereocenters. The van der Waals surface area contributed by atoms with E-state index in [1.54, 1.807) is 18.4 Å². The SMILES string of the molecule is COC1(c2nc3c(s2)CCCC3O)CCC1. The first-order valence-electron chi connectivity index (χ1n) is 5.98. The molecule has 0 aromatic carbocycles. The quantitative estimate of drug-likeness (QED) is 0.862. The van der Waals surface area contributed by atoms with Crippen LogP contribution in [0.2, 0.25) is 0 Å². The Balaban J connectivity index is 1.97. The molecular formula is C12H17NO2S. The van der Waals surface area contributed by atoms with Crippen LogP contribution in [0.3, 0.4) is 0 Å². The average Bonchev–Trinajstić information content (AvgIpc) is 2.62. The molecule has 4 heteroatoms. The molecule has 1 N–H and O–H groups in total. The summed E-state index contributed by atoms with van der Waals surface area (Å²) >= 11 is 1.75. The Labute approximate surface area is 99.5 Å². The molecule has 1 fully saturated rings.